The van der Waals surface area contributed by atoms with Gasteiger partial charge in [0, 0.05) is 16.2 Å². The molecule has 2 aromatic rings. The highest BCUT2D eigenvalue weighted by Gasteiger charge is 2.15. The third-order valence-electron chi connectivity index (χ3n) is 2.84. The first kappa shape index (κ1) is 17.0. The lowest BCUT2D eigenvalue weighted by Gasteiger charge is -2.08. The predicted octanol–water partition coefficient (Wildman–Crippen LogP) is 3.39. The number of anilines is 1. The van der Waals surface area contributed by atoms with E-state index in [1.165, 1.54) is 19.2 Å². The third-order valence-corrected chi connectivity index (χ3v) is 3.33. The number of hydrogen-bond donors (Lipinski definition) is 1. The molecule has 0 fully saturated rings. The van der Waals surface area contributed by atoms with Crippen molar-refractivity contribution < 1.29 is 23.5 Å². The van der Waals surface area contributed by atoms with Crippen molar-refractivity contribution in [2.24, 2.45) is 0 Å². The molecule has 0 aliphatic carbocycles. The Hall–Kier alpha value is -2.41. The first-order valence-corrected chi connectivity index (χ1v) is 7.35. The molecule has 1 amide bonds. The number of methoxy groups -OCH3 is 1. The van der Waals surface area contributed by atoms with Crippen LogP contribution in [-0.2, 0) is 9.53 Å². The zero-order valence-electron chi connectivity index (χ0n) is 12.1. The van der Waals surface area contributed by atoms with E-state index in [1.807, 2.05) is 0 Å². The molecule has 23 heavy (non-hydrogen) atoms. The van der Waals surface area contributed by atoms with Crippen LogP contribution in [0.3, 0.4) is 0 Å². The predicted molar refractivity (Wildman–Crippen MR) is 86.0 cm³/mol. The van der Waals surface area contributed by atoms with Crippen molar-refractivity contribution in [2.75, 3.05) is 19.0 Å². The fraction of sp³-hybridized carbons (Fsp3) is 0.125. The van der Waals surface area contributed by atoms with Gasteiger partial charge < -0.3 is 14.8 Å². The Morgan fingerprint density at radius 1 is 1.22 bits per heavy atom. The average molecular weight is 382 g/mol. The molecule has 7 heteroatoms. The van der Waals surface area contributed by atoms with Gasteiger partial charge in [0.15, 0.2) is 6.61 Å². The molecule has 2 rings (SSSR count). The zero-order chi connectivity index (χ0) is 16.8. The van der Waals surface area contributed by atoms with Crippen molar-refractivity contribution in [2.45, 2.75) is 0 Å². The van der Waals surface area contributed by atoms with E-state index in [1.54, 1.807) is 24.3 Å². The third kappa shape index (κ3) is 4.79. The number of rotatable bonds is 5. The lowest BCUT2D eigenvalue weighted by molar-refractivity contribution is -0.119. The van der Waals surface area contributed by atoms with Crippen molar-refractivity contribution in [3.63, 3.8) is 0 Å². The number of amides is 1. The van der Waals surface area contributed by atoms with Gasteiger partial charge >= 0.3 is 5.97 Å². The molecule has 0 bridgehead atoms. The molecule has 0 saturated heterocycles. The fourth-order valence-corrected chi connectivity index (χ4v) is 2.12. The van der Waals surface area contributed by atoms with Gasteiger partial charge in [-0.05, 0) is 30.3 Å². The molecule has 0 spiro atoms. The number of benzene rings is 2. The van der Waals surface area contributed by atoms with Crippen LogP contribution in [0.15, 0.2) is 46.9 Å². The summed E-state index contributed by atoms with van der Waals surface area (Å²) in [5.41, 5.74) is 0.257. The molecule has 0 radical (unpaired) electrons. The van der Waals surface area contributed by atoms with Crippen molar-refractivity contribution in [3.8, 4) is 5.75 Å². The first-order valence-electron chi connectivity index (χ1n) is 6.55. The second-order valence-electron chi connectivity index (χ2n) is 4.48. The zero-order valence-corrected chi connectivity index (χ0v) is 13.7. The summed E-state index contributed by atoms with van der Waals surface area (Å²) in [6, 6.07) is 10.6. The van der Waals surface area contributed by atoms with Gasteiger partial charge in [-0.2, -0.15) is 0 Å². The smallest absolute Gasteiger partial charge is 0.341 e. The van der Waals surface area contributed by atoms with Gasteiger partial charge in [-0.25, -0.2) is 9.18 Å². The molecule has 0 saturated carbocycles. The minimum atomic E-state index is -0.912. The van der Waals surface area contributed by atoms with Crippen LogP contribution in [0, 0.1) is 5.82 Å². The molecule has 1 N–H and O–H groups in total. The van der Waals surface area contributed by atoms with Crippen LogP contribution in [0.25, 0.3) is 0 Å². The second kappa shape index (κ2) is 7.73. The summed E-state index contributed by atoms with van der Waals surface area (Å²) < 4.78 is 23.9. The van der Waals surface area contributed by atoms with Crippen molar-refractivity contribution in [1.82, 2.24) is 0 Å². The number of halogens is 2. The average Bonchev–Trinajstić information content (AvgIpc) is 2.55. The van der Waals surface area contributed by atoms with E-state index < -0.39 is 24.3 Å². The Balaban J connectivity index is 1.93. The summed E-state index contributed by atoms with van der Waals surface area (Å²) in [6.45, 7) is -0.526. The van der Waals surface area contributed by atoms with Crippen LogP contribution in [0.1, 0.15) is 10.4 Å². The Bertz CT molecular complexity index is 736. The number of nitrogens with one attached hydrogen (secondary N) is 1. The van der Waals surface area contributed by atoms with Crippen LogP contribution in [0.4, 0.5) is 10.1 Å². The lowest BCUT2D eigenvalue weighted by atomic mass is 10.2. The van der Waals surface area contributed by atoms with E-state index in [0.29, 0.717) is 15.9 Å². The monoisotopic (exact) mass is 381 g/mol. The molecule has 0 heterocycles. The second-order valence-corrected chi connectivity index (χ2v) is 5.40. The standard InChI is InChI=1S/C16H13BrFNO4/c1-22-12-4-2-3-11(8-12)19-15(20)9-23-16(21)13-7-10(17)5-6-14(13)18/h2-8H,9H2,1H3,(H,19,20). The minimum absolute atomic E-state index is 0.242. The summed E-state index contributed by atoms with van der Waals surface area (Å²) in [4.78, 5) is 23.6. The summed E-state index contributed by atoms with van der Waals surface area (Å²) in [5.74, 6) is -1.59. The lowest BCUT2D eigenvalue weighted by Crippen LogP contribution is -2.21. The van der Waals surface area contributed by atoms with Gasteiger partial charge in [-0.1, -0.05) is 22.0 Å². The molecule has 5 nitrogen and oxygen atoms in total. The molecule has 0 aliphatic rings. The van der Waals surface area contributed by atoms with Crippen molar-refractivity contribution >= 4 is 33.5 Å². The fourth-order valence-electron chi connectivity index (χ4n) is 1.76. The number of hydrogen-bond acceptors (Lipinski definition) is 4. The SMILES string of the molecule is COc1cccc(NC(=O)COC(=O)c2cc(Br)ccc2F)c1. The molecule has 120 valence electrons. The van der Waals surface area contributed by atoms with Crippen molar-refractivity contribution in [3.05, 3.63) is 58.3 Å². The van der Waals surface area contributed by atoms with E-state index in [9.17, 15) is 14.0 Å². The molecular weight excluding hydrogens is 369 g/mol. The van der Waals surface area contributed by atoms with E-state index in [2.05, 4.69) is 21.2 Å². The highest BCUT2D eigenvalue weighted by Crippen LogP contribution is 2.18. The Kier molecular flexibility index (Phi) is 5.70. The van der Waals surface area contributed by atoms with Gasteiger partial charge in [0.2, 0.25) is 0 Å². The molecule has 0 atom stereocenters. The van der Waals surface area contributed by atoms with Crippen molar-refractivity contribution in [1.29, 1.82) is 0 Å². The van der Waals surface area contributed by atoms with E-state index >= 15 is 0 Å². The highest BCUT2D eigenvalue weighted by molar-refractivity contribution is 9.10. The maximum absolute atomic E-state index is 13.5. The Morgan fingerprint density at radius 3 is 2.74 bits per heavy atom. The molecule has 0 aliphatic heterocycles. The van der Waals surface area contributed by atoms with Gasteiger partial charge in [-0.15, -0.1) is 0 Å². The van der Waals surface area contributed by atoms with E-state index in [0.717, 1.165) is 6.07 Å². The topological polar surface area (TPSA) is 64.6 Å². The van der Waals surface area contributed by atoms with Gasteiger partial charge in [0.05, 0.1) is 12.7 Å². The van der Waals surface area contributed by atoms with E-state index in [-0.39, 0.29) is 5.56 Å². The van der Waals surface area contributed by atoms with Gasteiger partial charge in [-0.3, -0.25) is 4.79 Å². The molecule has 0 unspecified atom stereocenters. The largest absolute Gasteiger partial charge is 0.497 e. The number of carbonyl (C=O) groups excluding carboxylic acids is 2. The highest BCUT2D eigenvalue weighted by atomic mass is 79.9. The summed E-state index contributed by atoms with van der Waals surface area (Å²) in [6.07, 6.45) is 0. The van der Waals surface area contributed by atoms with Crippen LogP contribution in [-0.4, -0.2) is 25.6 Å². The first-order chi connectivity index (χ1) is 11.0. The van der Waals surface area contributed by atoms with Crippen LogP contribution < -0.4 is 10.1 Å². The quantitative estimate of drug-likeness (QED) is 0.806. The number of ether oxygens (including phenoxy) is 2. The van der Waals surface area contributed by atoms with Crippen LogP contribution >= 0.6 is 15.9 Å². The van der Waals surface area contributed by atoms with Crippen LogP contribution in [0.2, 0.25) is 0 Å². The Labute approximate surface area is 140 Å². The number of carbonyl (C=O) groups is 2. The molecule has 0 aromatic heterocycles. The molecule has 2 aromatic carbocycles. The maximum Gasteiger partial charge on any atom is 0.341 e. The van der Waals surface area contributed by atoms with Crippen LogP contribution in [0.5, 0.6) is 5.75 Å². The summed E-state index contributed by atoms with van der Waals surface area (Å²) >= 11 is 3.14. The number of esters is 1. The summed E-state index contributed by atoms with van der Waals surface area (Å²) in [7, 11) is 1.51. The maximum atomic E-state index is 13.5. The minimum Gasteiger partial charge on any atom is -0.497 e. The summed E-state index contributed by atoms with van der Waals surface area (Å²) in [5, 5.41) is 2.55. The van der Waals surface area contributed by atoms with E-state index in [4.69, 9.17) is 9.47 Å². The van der Waals surface area contributed by atoms with Gasteiger partial charge in [0.25, 0.3) is 5.91 Å². The Morgan fingerprint density at radius 2 is 2.00 bits per heavy atom. The molecular formula is C16H13BrFNO4. The van der Waals surface area contributed by atoms with Gasteiger partial charge in [0.1, 0.15) is 11.6 Å². The normalized spacial score (nSPS) is 10.0.